The lowest BCUT2D eigenvalue weighted by atomic mass is 10.3. The Morgan fingerprint density at radius 2 is 1.71 bits per heavy atom. The minimum absolute atomic E-state index is 0.0189. The largest absolute Gasteiger partial charge is 0.457 e. The highest BCUT2D eigenvalue weighted by molar-refractivity contribution is 7.82. The lowest BCUT2D eigenvalue weighted by Crippen LogP contribution is -2.20. The van der Waals surface area contributed by atoms with Gasteiger partial charge in [-0.05, 0) is 36.4 Å². The molecule has 0 heterocycles. The Balaban J connectivity index is 2.03. The lowest BCUT2D eigenvalue weighted by molar-refractivity contribution is 0.483. The Bertz CT molecular complexity index is 690. The average Bonchev–Trinajstić information content (AvgIpc) is 2.50. The molecule has 0 atom stereocenters. The molecule has 2 aromatic rings. The molecule has 0 aliphatic carbocycles. The number of nitrogens with zero attached hydrogens (tertiary/aromatic N) is 2. The van der Waals surface area contributed by atoms with Crippen molar-refractivity contribution in [3.63, 3.8) is 0 Å². The van der Waals surface area contributed by atoms with Crippen molar-refractivity contribution < 1.29 is 4.74 Å². The summed E-state index contributed by atoms with van der Waals surface area (Å²) in [6.07, 6.45) is 0. The third-order valence-corrected chi connectivity index (χ3v) is 2.66. The summed E-state index contributed by atoms with van der Waals surface area (Å²) in [5.41, 5.74) is 8.73. The van der Waals surface area contributed by atoms with Crippen LogP contribution < -0.4 is 15.9 Å². The maximum atomic E-state index is 8.77. The molecule has 0 radical (unpaired) electrons. The molecule has 2 rings (SSSR count). The standard InChI is InChI=1S/C15H12N4OS/c16-10-14(15(17)21)19-18-11-6-8-13(9-7-11)20-12-4-2-1-3-5-12/h1-9,18H,(H2,17,21). The number of anilines is 1. The van der Waals surface area contributed by atoms with E-state index in [-0.39, 0.29) is 10.7 Å². The fourth-order valence-electron chi connectivity index (χ4n) is 1.48. The summed E-state index contributed by atoms with van der Waals surface area (Å²) in [5, 5.41) is 12.6. The fourth-order valence-corrected chi connectivity index (χ4v) is 1.57. The second kappa shape index (κ2) is 7.03. The summed E-state index contributed by atoms with van der Waals surface area (Å²) in [5.74, 6) is 1.46. The molecular weight excluding hydrogens is 284 g/mol. The first kappa shape index (κ1) is 14.5. The number of benzene rings is 2. The first-order valence-corrected chi connectivity index (χ1v) is 6.46. The molecule has 0 spiro atoms. The molecule has 5 nitrogen and oxygen atoms in total. The van der Waals surface area contributed by atoms with Gasteiger partial charge in [-0.2, -0.15) is 10.4 Å². The molecular formula is C15H12N4OS. The maximum absolute atomic E-state index is 8.77. The van der Waals surface area contributed by atoms with Gasteiger partial charge in [0.25, 0.3) is 0 Å². The molecule has 0 saturated carbocycles. The van der Waals surface area contributed by atoms with Crippen LogP contribution in [0.5, 0.6) is 11.5 Å². The van der Waals surface area contributed by atoms with Gasteiger partial charge in [0.15, 0.2) is 5.71 Å². The van der Waals surface area contributed by atoms with Crippen molar-refractivity contribution in [3.05, 3.63) is 54.6 Å². The summed E-state index contributed by atoms with van der Waals surface area (Å²) in [6.45, 7) is 0. The highest BCUT2D eigenvalue weighted by atomic mass is 32.1. The number of nitrogens with two attached hydrogens (primary N) is 1. The fraction of sp³-hybridized carbons (Fsp3) is 0. The molecule has 104 valence electrons. The van der Waals surface area contributed by atoms with Crippen molar-refractivity contribution in [1.29, 1.82) is 5.26 Å². The second-order valence-electron chi connectivity index (χ2n) is 3.99. The van der Waals surface area contributed by atoms with Crippen LogP contribution in [0.2, 0.25) is 0 Å². The Morgan fingerprint density at radius 1 is 1.10 bits per heavy atom. The molecule has 0 aliphatic heterocycles. The van der Waals surface area contributed by atoms with Crippen LogP contribution in [-0.2, 0) is 0 Å². The molecule has 0 fully saturated rings. The number of nitriles is 1. The third-order valence-electron chi connectivity index (χ3n) is 2.47. The van der Waals surface area contributed by atoms with Crippen LogP contribution >= 0.6 is 12.2 Å². The number of thiocarbonyl (C=S) groups is 1. The van der Waals surface area contributed by atoms with E-state index in [4.69, 9.17) is 15.7 Å². The van der Waals surface area contributed by atoms with E-state index in [0.717, 1.165) is 5.75 Å². The third kappa shape index (κ3) is 4.30. The van der Waals surface area contributed by atoms with Crippen LogP contribution in [0.25, 0.3) is 0 Å². The van der Waals surface area contributed by atoms with E-state index in [1.165, 1.54) is 0 Å². The van der Waals surface area contributed by atoms with Crippen molar-refractivity contribution >= 4 is 28.6 Å². The molecule has 0 saturated heterocycles. The molecule has 0 aliphatic rings. The molecule has 21 heavy (non-hydrogen) atoms. The van der Waals surface area contributed by atoms with Crippen LogP contribution in [0, 0.1) is 11.3 Å². The predicted octanol–water partition coefficient (Wildman–Crippen LogP) is 3.06. The van der Waals surface area contributed by atoms with E-state index in [1.54, 1.807) is 24.3 Å². The van der Waals surface area contributed by atoms with Crippen LogP contribution in [0.15, 0.2) is 59.7 Å². The van der Waals surface area contributed by atoms with Crippen molar-refractivity contribution in [2.24, 2.45) is 10.8 Å². The van der Waals surface area contributed by atoms with Crippen molar-refractivity contribution in [2.75, 3.05) is 5.43 Å². The highest BCUT2D eigenvalue weighted by Crippen LogP contribution is 2.22. The maximum Gasteiger partial charge on any atom is 0.194 e. The number of rotatable bonds is 5. The zero-order valence-electron chi connectivity index (χ0n) is 11.0. The van der Waals surface area contributed by atoms with Crippen LogP contribution in [-0.4, -0.2) is 10.7 Å². The predicted molar refractivity (Wildman–Crippen MR) is 86.4 cm³/mol. The van der Waals surface area contributed by atoms with Gasteiger partial charge in [-0.1, -0.05) is 30.4 Å². The monoisotopic (exact) mass is 296 g/mol. The van der Waals surface area contributed by atoms with Gasteiger partial charge >= 0.3 is 0 Å². The van der Waals surface area contributed by atoms with Gasteiger partial charge < -0.3 is 10.5 Å². The molecule has 0 bridgehead atoms. The number of para-hydroxylation sites is 1. The Morgan fingerprint density at radius 3 is 2.29 bits per heavy atom. The van der Waals surface area contributed by atoms with Crippen LogP contribution in [0.1, 0.15) is 0 Å². The van der Waals surface area contributed by atoms with Crippen molar-refractivity contribution in [3.8, 4) is 17.6 Å². The number of nitrogens with one attached hydrogen (secondary N) is 1. The van der Waals surface area contributed by atoms with E-state index < -0.39 is 0 Å². The number of hydrogen-bond acceptors (Lipinski definition) is 5. The summed E-state index contributed by atoms with van der Waals surface area (Å²) in [7, 11) is 0. The molecule has 0 amide bonds. The average molecular weight is 296 g/mol. The SMILES string of the molecule is N#CC(=NNc1ccc(Oc2ccccc2)cc1)C(N)=S. The van der Waals surface area contributed by atoms with Gasteiger partial charge in [0.2, 0.25) is 0 Å². The zero-order valence-corrected chi connectivity index (χ0v) is 11.8. The van der Waals surface area contributed by atoms with Gasteiger partial charge in [0, 0.05) is 0 Å². The van der Waals surface area contributed by atoms with E-state index in [2.05, 4.69) is 22.7 Å². The molecule has 0 unspecified atom stereocenters. The lowest BCUT2D eigenvalue weighted by Gasteiger charge is -2.06. The number of hydrazone groups is 1. The van der Waals surface area contributed by atoms with Gasteiger partial charge in [-0.25, -0.2) is 0 Å². The summed E-state index contributed by atoms with van der Waals surface area (Å²) < 4.78 is 5.66. The van der Waals surface area contributed by atoms with Gasteiger partial charge in [-0.3, -0.25) is 5.43 Å². The molecule has 3 N–H and O–H groups in total. The summed E-state index contributed by atoms with van der Waals surface area (Å²) >= 11 is 4.69. The molecule has 0 aromatic heterocycles. The van der Waals surface area contributed by atoms with Gasteiger partial charge in [0.1, 0.15) is 22.6 Å². The van der Waals surface area contributed by atoms with Gasteiger partial charge in [0.05, 0.1) is 5.69 Å². The van der Waals surface area contributed by atoms with E-state index in [0.29, 0.717) is 11.4 Å². The Labute approximate surface area is 127 Å². The van der Waals surface area contributed by atoms with Gasteiger partial charge in [-0.15, -0.1) is 0 Å². The normalized spacial score (nSPS) is 10.5. The molecule has 6 heteroatoms. The minimum atomic E-state index is -0.0472. The molecule has 2 aromatic carbocycles. The number of hydrogen-bond donors (Lipinski definition) is 2. The van der Waals surface area contributed by atoms with Crippen molar-refractivity contribution in [1.82, 2.24) is 0 Å². The summed E-state index contributed by atoms with van der Waals surface area (Å²) in [6, 6.07) is 18.4. The number of ether oxygens (including phenoxy) is 1. The Kier molecular flexibility index (Phi) is 4.85. The Hall–Kier alpha value is -2.91. The highest BCUT2D eigenvalue weighted by Gasteiger charge is 2.01. The summed E-state index contributed by atoms with van der Waals surface area (Å²) in [4.78, 5) is -0.0472. The van der Waals surface area contributed by atoms with E-state index >= 15 is 0 Å². The zero-order chi connectivity index (χ0) is 15.1. The van der Waals surface area contributed by atoms with Crippen LogP contribution in [0.4, 0.5) is 5.69 Å². The van der Waals surface area contributed by atoms with E-state index in [9.17, 15) is 0 Å². The quantitative estimate of drug-likeness (QED) is 0.503. The second-order valence-corrected chi connectivity index (χ2v) is 4.43. The first-order chi connectivity index (χ1) is 10.2. The smallest absolute Gasteiger partial charge is 0.194 e. The van der Waals surface area contributed by atoms with Crippen molar-refractivity contribution in [2.45, 2.75) is 0 Å². The minimum Gasteiger partial charge on any atom is -0.457 e. The topological polar surface area (TPSA) is 83.4 Å². The first-order valence-electron chi connectivity index (χ1n) is 6.05. The van der Waals surface area contributed by atoms with E-state index in [1.807, 2.05) is 36.4 Å². The van der Waals surface area contributed by atoms with Crippen LogP contribution in [0.3, 0.4) is 0 Å².